The lowest BCUT2D eigenvalue weighted by Gasteiger charge is -2.35. The van der Waals surface area contributed by atoms with Gasteiger partial charge in [0, 0.05) is 46.2 Å². The highest BCUT2D eigenvalue weighted by atomic mass is 16.6. The van der Waals surface area contributed by atoms with Gasteiger partial charge >= 0.3 is 6.09 Å². The van der Waals surface area contributed by atoms with Crippen molar-refractivity contribution in [1.82, 2.24) is 14.7 Å². The molecule has 4 atom stereocenters. The highest BCUT2D eigenvalue weighted by molar-refractivity contribution is 5.79. The quantitative estimate of drug-likeness (QED) is 0.771. The molecule has 3 aliphatic rings. The van der Waals surface area contributed by atoms with Gasteiger partial charge in [-0.3, -0.25) is 9.69 Å². The van der Waals surface area contributed by atoms with Crippen molar-refractivity contribution in [1.29, 1.82) is 0 Å². The molecule has 0 aromatic rings. The number of amides is 2. The molecule has 0 radical (unpaired) electrons. The van der Waals surface area contributed by atoms with E-state index in [0.717, 1.165) is 38.3 Å². The monoisotopic (exact) mass is 323 g/mol. The molecule has 0 spiro atoms. The van der Waals surface area contributed by atoms with Gasteiger partial charge in [-0.25, -0.2) is 4.79 Å². The first-order valence-corrected chi connectivity index (χ1v) is 8.84. The first-order chi connectivity index (χ1) is 10.9. The van der Waals surface area contributed by atoms with E-state index in [-0.39, 0.29) is 24.0 Å². The Morgan fingerprint density at radius 2 is 1.87 bits per heavy atom. The van der Waals surface area contributed by atoms with Crippen LogP contribution in [-0.2, 0) is 9.53 Å². The van der Waals surface area contributed by atoms with E-state index in [0.29, 0.717) is 19.1 Å². The van der Waals surface area contributed by atoms with Crippen LogP contribution in [0.2, 0.25) is 0 Å². The molecule has 0 saturated carbocycles. The lowest BCUT2D eigenvalue weighted by molar-refractivity contribution is -0.137. The van der Waals surface area contributed by atoms with Crippen LogP contribution in [0.4, 0.5) is 4.79 Å². The number of carbonyl (C=O) groups is 2. The smallest absolute Gasteiger partial charge is 0.409 e. The molecule has 3 heterocycles. The lowest BCUT2D eigenvalue weighted by atomic mass is 9.91. The van der Waals surface area contributed by atoms with Gasteiger partial charge in [-0.1, -0.05) is 6.92 Å². The first kappa shape index (κ1) is 16.6. The normalized spacial score (nSPS) is 34.3. The Morgan fingerprint density at radius 3 is 2.61 bits per heavy atom. The molecule has 0 aromatic heterocycles. The zero-order valence-electron chi connectivity index (χ0n) is 14.5. The topological polar surface area (TPSA) is 53.1 Å². The van der Waals surface area contributed by atoms with Gasteiger partial charge in [-0.15, -0.1) is 0 Å². The second-order valence-corrected chi connectivity index (χ2v) is 7.70. The lowest BCUT2D eigenvalue weighted by Crippen LogP contribution is -2.46. The summed E-state index contributed by atoms with van der Waals surface area (Å²) in [5.41, 5.74) is 0. The average Bonchev–Trinajstić information content (AvgIpc) is 3.10. The summed E-state index contributed by atoms with van der Waals surface area (Å²) in [7, 11) is 3.35. The van der Waals surface area contributed by atoms with Crippen molar-refractivity contribution in [2.24, 2.45) is 11.8 Å². The molecule has 3 fully saturated rings. The van der Waals surface area contributed by atoms with E-state index in [9.17, 15) is 9.59 Å². The van der Waals surface area contributed by atoms with Crippen molar-refractivity contribution in [2.45, 2.75) is 44.8 Å². The molecule has 23 heavy (non-hydrogen) atoms. The van der Waals surface area contributed by atoms with E-state index < -0.39 is 0 Å². The highest BCUT2D eigenvalue weighted by Crippen LogP contribution is 2.33. The second kappa shape index (κ2) is 6.67. The Bertz CT molecular complexity index is 468. The largest absolute Gasteiger partial charge is 0.444 e. The molecule has 3 saturated heterocycles. The van der Waals surface area contributed by atoms with Crippen molar-refractivity contribution < 1.29 is 14.3 Å². The minimum atomic E-state index is -0.323. The summed E-state index contributed by atoms with van der Waals surface area (Å²) in [6.07, 6.45) is 3.71. The molecule has 4 unspecified atom stereocenters. The predicted octanol–water partition coefficient (Wildman–Crippen LogP) is 1.41. The first-order valence-electron chi connectivity index (χ1n) is 8.84. The number of rotatable bonds is 2. The van der Waals surface area contributed by atoms with Gasteiger partial charge in [-0.05, 0) is 25.2 Å². The Morgan fingerprint density at radius 1 is 1.09 bits per heavy atom. The molecule has 130 valence electrons. The van der Waals surface area contributed by atoms with Crippen LogP contribution in [0.15, 0.2) is 0 Å². The molecule has 0 aromatic carbocycles. The summed E-state index contributed by atoms with van der Waals surface area (Å²) in [6, 6.07) is 0.696. The number of fused-ring (bicyclic) bond motifs is 1. The van der Waals surface area contributed by atoms with Crippen molar-refractivity contribution >= 4 is 12.0 Å². The Labute approximate surface area is 138 Å². The van der Waals surface area contributed by atoms with Crippen molar-refractivity contribution in [3.63, 3.8) is 0 Å². The minimum Gasteiger partial charge on any atom is -0.444 e. The molecule has 0 N–H and O–H groups in total. The standard InChI is InChI=1S/C17H29N3O3/c1-12-8-14-5-4-13(10-20(14)9-12)16(21)19-7-6-15(11-19)23-17(22)18(2)3/h12-15H,4-11H2,1-3H3. The number of nitrogens with zero attached hydrogens (tertiary/aromatic N) is 3. The van der Waals surface area contributed by atoms with Gasteiger partial charge in [0.25, 0.3) is 0 Å². The van der Waals surface area contributed by atoms with Crippen molar-refractivity contribution in [3.8, 4) is 0 Å². The maximum Gasteiger partial charge on any atom is 0.409 e. The van der Waals surface area contributed by atoms with Gasteiger partial charge in [0.2, 0.25) is 5.91 Å². The van der Waals surface area contributed by atoms with Crippen LogP contribution in [-0.4, -0.2) is 79.1 Å². The van der Waals surface area contributed by atoms with Crippen LogP contribution in [0.25, 0.3) is 0 Å². The van der Waals surface area contributed by atoms with Gasteiger partial charge in [-0.2, -0.15) is 0 Å². The van der Waals surface area contributed by atoms with Crippen LogP contribution in [0.3, 0.4) is 0 Å². The van der Waals surface area contributed by atoms with Crippen molar-refractivity contribution in [2.75, 3.05) is 40.3 Å². The molecule has 0 bridgehead atoms. The molecule has 2 amide bonds. The second-order valence-electron chi connectivity index (χ2n) is 7.70. The Kier molecular flexibility index (Phi) is 4.80. The summed E-state index contributed by atoms with van der Waals surface area (Å²) in [6.45, 7) is 5.61. The summed E-state index contributed by atoms with van der Waals surface area (Å²) >= 11 is 0. The summed E-state index contributed by atoms with van der Waals surface area (Å²) in [5, 5.41) is 0. The Hall–Kier alpha value is -1.30. The highest BCUT2D eigenvalue weighted by Gasteiger charge is 2.40. The maximum atomic E-state index is 12.8. The molecule has 6 nitrogen and oxygen atoms in total. The number of hydrogen-bond acceptors (Lipinski definition) is 4. The fraction of sp³-hybridized carbons (Fsp3) is 0.882. The van der Waals surface area contributed by atoms with Crippen LogP contribution in [0, 0.1) is 11.8 Å². The molecule has 3 aliphatic heterocycles. The molecule has 3 rings (SSSR count). The molecular formula is C17H29N3O3. The number of carbonyl (C=O) groups excluding carboxylic acids is 2. The fourth-order valence-electron chi connectivity index (χ4n) is 4.26. The zero-order valence-corrected chi connectivity index (χ0v) is 14.5. The number of hydrogen-bond donors (Lipinski definition) is 0. The SMILES string of the molecule is CC1CC2CCC(C(=O)N3CCC(OC(=O)N(C)C)C3)CN2C1. The third kappa shape index (κ3) is 3.62. The van der Waals surface area contributed by atoms with Crippen LogP contribution in [0.1, 0.15) is 32.6 Å². The third-order valence-corrected chi connectivity index (χ3v) is 5.48. The molecule has 6 heteroatoms. The maximum absolute atomic E-state index is 12.8. The number of ether oxygens (including phenoxy) is 1. The van der Waals surface area contributed by atoms with Gasteiger partial charge < -0.3 is 14.5 Å². The van der Waals surface area contributed by atoms with Crippen LogP contribution < -0.4 is 0 Å². The van der Waals surface area contributed by atoms with E-state index in [1.807, 2.05) is 4.90 Å². The minimum absolute atomic E-state index is 0.125. The van der Waals surface area contributed by atoms with Gasteiger partial charge in [0.15, 0.2) is 0 Å². The summed E-state index contributed by atoms with van der Waals surface area (Å²) in [4.78, 5) is 30.3. The average molecular weight is 323 g/mol. The molecular weight excluding hydrogens is 294 g/mol. The summed E-state index contributed by atoms with van der Waals surface area (Å²) in [5.74, 6) is 1.14. The summed E-state index contributed by atoms with van der Waals surface area (Å²) < 4.78 is 5.41. The number of piperidine rings is 1. The van der Waals surface area contributed by atoms with Crippen LogP contribution in [0.5, 0.6) is 0 Å². The zero-order chi connectivity index (χ0) is 16.6. The third-order valence-electron chi connectivity index (χ3n) is 5.48. The van der Waals surface area contributed by atoms with E-state index in [1.165, 1.54) is 11.3 Å². The van der Waals surface area contributed by atoms with Gasteiger partial charge in [0.1, 0.15) is 6.10 Å². The van der Waals surface area contributed by atoms with E-state index >= 15 is 0 Å². The van der Waals surface area contributed by atoms with E-state index in [1.54, 1.807) is 14.1 Å². The van der Waals surface area contributed by atoms with Gasteiger partial charge in [0.05, 0.1) is 12.5 Å². The van der Waals surface area contributed by atoms with E-state index in [2.05, 4.69) is 11.8 Å². The van der Waals surface area contributed by atoms with Crippen molar-refractivity contribution in [3.05, 3.63) is 0 Å². The Balaban J connectivity index is 1.50. The number of likely N-dealkylation sites (tertiary alicyclic amines) is 1. The fourth-order valence-corrected chi connectivity index (χ4v) is 4.26. The van der Waals surface area contributed by atoms with E-state index in [4.69, 9.17) is 4.74 Å². The van der Waals surface area contributed by atoms with Crippen LogP contribution >= 0.6 is 0 Å². The predicted molar refractivity (Wildman–Crippen MR) is 87.0 cm³/mol. The molecule has 0 aliphatic carbocycles.